The highest BCUT2D eigenvalue weighted by molar-refractivity contribution is 8.01. The quantitative estimate of drug-likeness (QED) is 0.584. The molecule has 4 amide bonds. The van der Waals surface area contributed by atoms with E-state index >= 15 is 0 Å². The summed E-state index contributed by atoms with van der Waals surface area (Å²) in [6.45, 7) is 6.14. The van der Waals surface area contributed by atoms with E-state index in [1.807, 2.05) is 63.2 Å². The van der Waals surface area contributed by atoms with Crippen LogP contribution in [0.4, 0.5) is 10.5 Å². The summed E-state index contributed by atoms with van der Waals surface area (Å²) in [5, 5.41) is 2.54. The Morgan fingerprint density at radius 3 is 2.53 bits per heavy atom. The zero-order valence-electron chi connectivity index (χ0n) is 20.3. The van der Waals surface area contributed by atoms with Crippen molar-refractivity contribution in [3.63, 3.8) is 0 Å². The van der Waals surface area contributed by atoms with Crippen LogP contribution in [-0.4, -0.2) is 70.0 Å². The number of likely N-dealkylation sites (tertiary alicyclic amines) is 1. The normalized spacial score (nSPS) is 22.7. The van der Waals surface area contributed by atoms with Crippen molar-refractivity contribution < 1.29 is 15.8 Å². The summed E-state index contributed by atoms with van der Waals surface area (Å²) in [4.78, 5) is 44.8. The Morgan fingerprint density at radius 1 is 1.06 bits per heavy atom. The number of hydrogen-bond acceptors (Lipinski definition) is 4. The van der Waals surface area contributed by atoms with Gasteiger partial charge in [0.2, 0.25) is 11.8 Å². The van der Waals surface area contributed by atoms with Crippen molar-refractivity contribution in [2.45, 2.75) is 42.3 Å². The number of amides is 4. The van der Waals surface area contributed by atoms with Gasteiger partial charge in [0.05, 0.1) is 5.25 Å². The minimum atomic E-state index is -0.393. The van der Waals surface area contributed by atoms with E-state index in [9.17, 15) is 14.4 Å². The molecule has 0 aliphatic carbocycles. The third-order valence-corrected chi connectivity index (χ3v) is 8.79. The van der Waals surface area contributed by atoms with Gasteiger partial charge in [-0.05, 0) is 36.5 Å². The molecular formula is C28H34N4O3S. The van der Waals surface area contributed by atoms with E-state index in [0.717, 1.165) is 36.1 Å². The van der Waals surface area contributed by atoms with E-state index in [1.54, 1.807) is 17.8 Å². The molecule has 0 aromatic heterocycles. The second-order valence-corrected chi connectivity index (χ2v) is 10.8. The molecule has 2 saturated heterocycles. The number of thioether (sulfide) groups is 1. The second kappa shape index (κ2) is 10.8. The Balaban J connectivity index is 0.00000320. The number of urea groups is 1. The molecule has 2 aromatic carbocycles. The van der Waals surface area contributed by atoms with E-state index in [-0.39, 0.29) is 37.1 Å². The van der Waals surface area contributed by atoms with Crippen LogP contribution in [0.1, 0.15) is 37.2 Å². The van der Waals surface area contributed by atoms with Crippen molar-refractivity contribution in [2.24, 2.45) is 0 Å². The summed E-state index contributed by atoms with van der Waals surface area (Å²) in [7, 11) is 0. The van der Waals surface area contributed by atoms with Crippen molar-refractivity contribution in [3.05, 3.63) is 78.4 Å². The highest BCUT2D eigenvalue weighted by Crippen LogP contribution is 2.44. The van der Waals surface area contributed by atoms with Gasteiger partial charge in [0.1, 0.15) is 5.37 Å². The maximum Gasteiger partial charge on any atom is 0.322 e. The van der Waals surface area contributed by atoms with Gasteiger partial charge in [-0.2, -0.15) is 0 Å². The van der Waals surface area contributed by atoms with Crippen LogP contribution in [0, 0.1) is 0 Å². The Morgan fingerprint density at radius 2 is 1.78 bits per heavy atom. The van der Waals surface area contributed by atoms with Gasteiger partial charge in [-0.1, -0.05) is 54.6 Å². The number of benzene rings is 2. The fraction of sp³-hybridized carbons (Fsp3) is 0.393. The lowest BCUT2D eigenvalue weighted by Gasteiger charge is -2.38. The number of fused-ring (bicyclic) bond motifs is 1. The van der Waals surface area contributed by atoms with Gasteiger partial charge in [-0.3, -0.25) is 9.59 Å². The number of piperidine rings is 1. The minimum Gasteiger partial charge on any atom is -0.342 e. The van der Waals surface area contributed by atoms with E-state index < -0.39 is 5.25 Å². The van der Waals surface area contributed by atoms with Gasteiger partial charge in [0.25, 0.3) is 0 Å². The van der Waals surface area contributed by atoms with E-state index in [1.165, 1.54) is 0 Å². The van der Waals surface area contributed by atoms with Gasteiger partial charge in [0, 0.05) is 45.8 Å². The molecule has 2 atom stereocenters. The minimum absolute atomic E-state index is 0. The van der Waals surface area contributed by atoms with Crippen molar-refractivity contribution >= 4 is 35.3 Å². The summed E-state index contributed by atoms with van der Waals surface area (Å²) in [5.74, 6) is 0.0112. The van der Waals surface area contributed by atoms with Crippen LogP contribution in [0.5, 0.6) is 0 Å². The molecule has 3 aliphatic rings. The SMILES string of the molecule is C=CCN1C(=O)C(CC(=O)N2CCC(N3CCc4ccccc4NC3=O)CC2)SC1c1ccccc1.[HH]. The second-order valence-electron chi connectivity index (χ2n) is 9.51. The molecule has 2 aromatic rings. The number of para-hydroxylation sites is 1. The van der Waals surface area contributed by atoms with Crippen LogP contribution in [-0.2, 0) is 16.0 Å². The van der Waals surface area contributed by atoms with E-state index in [0.29, 0.717) is 26.2 Å². The number of anilines is 1. The van der Waals surface area contributed by atoms with Crippen LogP contribution >= 0.6 is 11.8 Å². The first kappa shape index (κ1) is 24.4. The molecule has 3 heterocycles. The maximum absolute atomic E-state index is 13.2. The Kier molecular flexibility index (Phi) is 7.32. The Hall–Kier alpha value is -3.26. The first-order chi connectivity index (χ1) is 17.5. The van der Waals surface area contributed by atoms with Crippen LogP contribution in [0.15, 0.2) is 67.3 Å². The molecule has 8 heteroatoms. The molecule has 0 saturated carbocycles. The lowest BCUT2D eigenvalue weighted by molar-refractivity contribution is -0.136. The first-order valence-corrected chi connectivity index (χ1v) is 13.5. The largest absolute Gasteiger partial charge is 0.342 e. The standard InChI is InChI=1S/C28H32N4O3S.H2/c1-2-15-32-26(34)24(36-27(32)21-9-4-3-5-10-21)19-25(33)30-16-13-22(14-17-30)31-18-12-20-8-6-7-11-23(20)29-28(31)35;/h2-11,22,24,27H,1,12-19H2,(H,29,35);1H. The number of nitrogens with zero attached hydrogens (tertiary/aromatic N) is 3. The van der Waals surface area contributed by atoms with Gasteiger partial charge in [-0.25, -0.2) is 4.79 Å². The Labute approximate surface area is 218 Å². The lowest BCUT2D eigenvalue weighted by atomic mass is 10.0. The highest BCUT2D eigenvalue weighted by Gasteiger charge is 2.42. The molecule has 0 radical (unpaired) electrons. The summed E-state index contributed by atoms with van der Waals surface area (Å²) in [5.41, 5.74) is 3.10. The molecule has 2 fully saturated rings. The topological polar surface area (TPSA) is 73.0 Å². The fourth-order valence-corrected chi connectivity index (χ4v) is 6.83. The molecule has 5 rings (SSSR count). The molecule has 36 heavy (non-hydrogen) atoms. The zero-order valence-corrected chi connectivity index (χ0v) is 21.2. The predicted octanol–water partition coefficient (Wildman–Crippen LogP) is 4.53. The fourth-order valence-electron chi connectivity index (χ4n) is 5.38. The van der Waals surface area contributed by atoms with Gasteiger partial charge < -0.3 is 20.0 Å². The van der Waals surface area contributed by atoms with E-state index in [2.05, 4.69) is 18.0 Å². The van der Waals surface area contributed by atoms with E-state index in [4.69, 9.17) is 0 Å². The zero-order chi connectivity index (χ0) is 25.1. The third-order valence-electron chi connectivity index (χ3n) is 7.31. The number of hydrogen-bond donors (Lipinski definition) is 1. The molecule has 7 nitrogen and oxygen atoms in total. The lowest BCUT2D eigenvalue weighted by Crippen LogP contribution is -2.50. The predicted molar refractivity (Wildman–Crippen MR) is 145 cm³/mol. The number of rotatable bonds is 6. The summed E-state index contributed by atoms with van der Waals surface area (Å²) in [6, 6.07) is 17.9. The third kappa shape index (κ3) is 5.00. The van der Waals surface area contributed by atoms with Crippen molar-refractivity contribution in [1.82, 2.24) is 14.7 Å². The monoisotopic (exact) mass is 506 g/mol. The summed E-state index contributed by atoms with van der Waals surface area (Å²) >= 11 is 1.55. The highest BCUT2D eigenvalue weighted by atomic mass is 32.2. The molecular weight excluding hydrogens is 472 g/mol. The first-order valence-electron chi connectivity index (χ1n) is 12.6. The van der Waals surface area contributed by atoms with Crippen molar-refractivity contribution in [1.29, 1.82) is 0 Å². The molecule has 0 bridgehead atoms. The Bertz CT molecular complexity index is 1140. The van der Waals surface area contributed by atoms with Crippen LogP contribution < -0.4 is 5.32 Å². The number of carbonyl (C=O) groups is 3. The number of carbonyl (C=O) groups excluding carboxylic acids is 3. The van der Waals surface area contributed by atoms with Gasteiger partial charge in [-0.15, -0.1) is 18.3 Å². The van der Waals surface area contributed by atoms with Crippen molar-refractivity contribution in [3.8, 4) is 0 Å². The van der Waals surface area contributed by atoms with Crippen LogP contribution in [0.2, 0.25) is 0 Å². The molecule has 1 N–H and O–H groups in total. The van der Waals surface area contributed by atoms with Crippen LogP contribution in [0.25, 0.3) is 0 Å². The van der Waals surface area contributed by atoms with Gasteiger partial charge >= 0.3 is 6.03 Å². The average Bonchev–Trinajstić information content (AvgIpc) is 3.10. The molecule has 190 valence electrons. The maximum atomic E-state index is 13.2. The van der Waals surface area contributed by atoms with Crippen molar-refractivity contribution in [2.75, 3.05) is 31.5 Å². The molecule has 0 spiro atoms. The molecule has 3 aliphatic heterocycles. The average molecular weight is 507 g/mol. The molecule has 2 unspecified atom stereocenters. The summed E-state index contributed by atoms with van der Waals surface area (Å²) in [6.07, 6.45) is 4.25. The number of nitrogens with one attached hydrogen (secondary N) is 1. The smallest absolute Gasteiger partial charge is 0.322 e. The van der Waals surface area contributed by atoms with Gasteiger partial charge in [0.15, 0.2) is 0 Å². The van der Waals surface area contributed by atoms with Crippen LogP contribution in [0.3, 0.4) is 0 Å². The summed E-state index contributed by atoms with van der Waals surface area (Å²) < 4.78 is 0.